The molecular formula is C10H11N3O. The minimum Gasteiger partial charge on any atom is -0.390 e. The number of aliphatic hydroxyl groups is 1. The lowest BCUT2D eigenvalue weighted by Crippen LogP contribution is -1.88. The van der Waals surface area contributed by atoms with Crippen molar-refractivity contribution in [2.75, 3.05) is 0 Å². The van der Waals surface area contributed by atoms with E-state index in [2.05, 4.69) is 15.0 Å². The van der Waals surface area contributed by atoms with Gasteiger partial charge in [0.05, 0.1) is 18.5 Å². The van der Waals surface area contributed by atoms with E-state index < -0.39 is 0 Å². The largest absolute Gasteiger partial charge is 0.390 e. The molecule has 0 atom stereocenters. The SMILES string of the molecule is Cc1ncccc1-c1ncc(CO)[nH]1. The summed E-state index contributed by atoms with van der Waals surface area (Å²) < 4.78 is 0. The molecule has 2 N–H and O–H groups in total. The molecule has 2 rings (SSSR count). The maximum absolute atomic E-state index is 8.88. The van der Waals surface area contributed by atoms with Gasteiger partial charge in [-0.05, 0) is 19.1 Å². The van der Waals surface area contributed by atoms with Crippen molar-refractivity contribution < 1.29 is 5.11 Å². The first-order chi connectivity index (χ1) is 6.81. The second kappa shape index (κ2) is 3.59. The fraction of sp³-hybridized carbons (Fsp3) is 0.200. The molecule has 0 aliphatic rings. The van der Waals surface area contributed by atoms with Gasteiger partial charge >= 0.3 is 0 Å². The van der Waals surface area contributed by atoms with E-state index in [-0.39, 0.29) is 6.61 Å². The molecule has 0 amide bonds. The molecule has 0 radical (unpaired) electrons. The van der Waals surface area contributed by atoms with Gasteiger partial charge in [-0.2, -0.15) is 0 Å². The maximum Gasteiger partial charge on any atom is 0.139 e. The summed E-state index contributed by atoms with van der Waals surface area (Å²) >= 11 is 0. The predicted octanol–water partition coefficient (Wildman–Crippen LogP) is 1.27. The lowest BCUT2D eigenvalue weighted by molar-refractivity contribution is 0.277. The van der Waals surface area contributed by atoms with Gasteiger partial charge in [0.2, 0.25) is 0 Å². The Morgan fingerprint density at radius 2 is 2.29 bits per heavy atom. The molecule has 2 aromatic rings. The summed E-state index contributed by atoms with van der Waals surface area (Å²) in [5.41, 5.74) is 2.60. The minimum atomic E-state index is -0.0215. The number of nitrogens with zero attached hydrogens (tertiary/aromatic N) is 2. The summed E-state index contributed by atoms with van der Waals surface area (Å²) in [5, 5.41) is 8.88. The van der Waals surface area contributed by atoms with Crippen molar-refractivity contribution in [3.8, 4) is 11.4 Å². The quantitative estimate of drug-likeness (QED) is 0.747. The van der Waals surface area contributed by atoms with Gasteiger partial charge in [-0.25, -0.2) is 4.98 Å². The second-order valence-corrected chi connectivity index (χ2v) is 3.05. The first-order valence-corrected chi connectivity index (χ1v) is 4.38. The third-order valence-corrected chi connectivity index (χ3v) is 2.06. The Bertz CT molecular complexity index is 436. The zero-order chi connectivity index (χ0) is 9.97. The number of aromatic nitrogens is 3. The number of nitrogens with one attached hydrogen (secondary N) is 1. The molecule has 4 nitrogen and oxygen atoms in total. The molecule has 2 heterocycles. The van der Waals surface area contributed by atoms with Gasteiger partial charge in [-0.1, -0.05) is 0 Å². The molecule has 0 aromatic carbocycles. The van der Waals surface area contributed by atoms with Crippen molar-refractivity contribution in [1.29, 1.82) is 0 Å². The van der Waals surface area contributed by atoms with Gasteiger partial charge in [0.1, 0.15) is 5.82 Å². The Labute approximate surface area is 81.7 Å². The van der Waals surface area contributed by atoms with Crippen molar-refractivity contribution in [1.82, 2.24) is 15.0 Å². The monoisotopic (exact) mass is 189 g/mol. The van der Waals surface area contributed by atoms with Crippen LogP contribution in [0.5, 0.6) is 0 Å². The molecule has 0 unspecified atom stereocenters. The molecule has 0 aliphatic heterocycles. The van der Waals surface area contributed by atoms with E-state index in [4.69, 9.17) is 5.11 Å². The summed E-state index contributed by atoms with van der Waals surface area (Å²) in [5.74, 6) is 0.750. The van der Waals surface area contributed by atoms with Crippen LogP contribution < -0.4 is 0 Å². The van der Waals surface area contributed by atoms with E-state index in [9.17, 15) is 0 Å². The Morgan fingerprint density at radius 3 is 2.93 bits per heavy atom. The van der Waals surface area contributed by atoms with E-state index in [1.54, 1.807) is 12.4 Å². The van der Waals surface area contributed by atoms with E-state index in [0.717, 1.165) is 17.1 Å². The molecule has 0 aliphatic carbocycles. The number of aliphatic hydroxyl groups excluding tert-OH is 1. The molecule has 14 heavy (non-hydrogen) atoms. The van der Waals surface area contributed by atoms with E-state index in [1.165, 1.54) is 0 Å². The Balaban J connectivity index is 2.44. The van der Waals surface area contributed by atoms with Gasteiger partial charge in [0, 0.05) is 17.5 Å². The summed E-state index contributed by atoms with van der Waals surface area (Å²) in [6.07, 6.45) is 3.37. The van der Waals surface area contributed by atoms with Crippen molar-refractivity contribution in [2.45, 2.75) is 13.5 Å². The molecule has 0 bridgehead atoms. The van der Waals surface area contributed by atoms with Gasteiger partial charge in [-0.3, -0.25) is 4.98 Å². The first kappa shape index (κ1) is 8.90. The molecule has 0 saturated heterocycles. The highest BCUT2D eigenvalue weighted by molar-refractivity contribution is 5.57. The molecule has 72 valence electrons. The molecule has 0 saturated carbocycles. The van der Waals surface area contributed by atoms with Gasteiger partial charge in [0.25, 0.3) is 0 Å². The number of hydrogen-bond acceptors (Lipinski definition) is 3. The minimum absolute atomic E-state index is 0.0215. The predicted molar refractivity (Wildman–Crippen MR) is 52.5 cm³/mol. The number of aromatic amines is 1. The summed E-state index contributed by atoms with van der Waals surface area (Å²) in [4.78, 5) is 11.3. The fourth-order valence-corrected chi connectivity index (χ4v) is 1.31. The van der Waals surface area contributed by atoms with Gasteiger partial charge in [-0.15, -0.1) is 0 Å². The van der Waals surface area contributed by atoms with Crippen molar-refractivity contribution >= 4 is 0 Å². The summed E-state index contributed by atoms with van der Waals surface area (Å²) in [7, 11) is 0. The molecule has 0 fully saturated rings. The van der Waals surface area contributed by atoms with Crippen LogP contribution >= 0.6 is 0 Å². The molecular weight excluding hydrogens is 178 g/mol. The van der Waals surface area contributed by atoms with Gasteiger partial charge < -0.3 is 10.1 Å². The normalized spacial score (nSPS) is 10.4. The average Bonchev–Trinajstić information content (AvgIpc) is 2.67. The first-order valence-electron chi connectivity index (χ1n) is 4.38. The highest BCUT2D eigenvalue weighted by Crippen LogP contribution is 2.17. The highest BCUT2D eigenvalue weighted by atomic mass is 16.3. The van der Waals surface area contributed by atoms with Crippen molar-refractivity contribution in [2.24, 2.45) is 0 Å². The van der Waals surface area contributed by atoms with Crippen LogP contribution in [0.3, 0.4) is 0 Å². The molecule has 0 spiro atoms. The third kappa shape index (κ3) is 1.52. The number of pyridine rings is 1. The lowest BCUT2D eigenvalue weighted by atomic mass is 10.2. The number of aryl methyl sites for hydroxylation is 1. The van der Waals surface area contributed by atoms with Crippen molar-refractivity contribution in [3.63, 3.8) is 0 Å². The summed E-state index contributed by atoms with van der Waals surface area (Å²) in [6, 6.07) is 3.81. The Kier molecular flexibility index (Phi) is 2.28. The lowest BCUT2D eigenvalue weighted by Gasteiger charge is -1.99. The maximum atomic E-state index is 8.88. The molecule has 4 heteroatoms. The molecule has 2 aromatic heterocycles. The second-order valence-electron chi connectivity index (χ2n) is 3.05. The van der Waals surface area contributed by atoms with Crippen LogP contribution in [0.2, 0.25) is 0 Å². The van der Waals surface area contributed by atoms with Crippen LogP contribution in [0.4, 0.5) is 0 Å². The van der Waals surface area contributed by atoms with Crippen LogP contribution in [-0.4, -0.2) is 20.1 Å². The van der Waals surface area contributed by atoms with E-state index in [1.807, 2.05) is 19.1 Å². The standard InChI is InChI=1S/C10H11N3O/c1-7-9(3-2-4-11-7)10-12-5-8(6-14)13-10/h2-5,14H,6H2,1H3,(H,12,13). The fourth-order valence-electron chi connectivity index (χ4n) is 1.31. The Hall–Kier alpha value is -1.68. The highest BCUT2D eigenvalue weighted by Gasteiger charge is 2.05. The number of H-pyrrole nitrogens is 1. The number of imidazole rings is 1. The third-order valence-electron chi connectivity index (χ3n) is 2.06. The van der Waals surface area contributed by atoms with Crippen LogP contribution in [-0.2, 0) is 6.61 Å². The number of rotatable bonds is 2. The average molecular weight is 189 g/mol. The zero-order valence-corrected chi connectivity index (χ0v) is 7.86. The summed E-state index contributed by atoms with van der Waals surface area (Å²) in [6.45, 7) is 1.91. The topological polar surface area (TPSA) is 61.8 Å². The Morgan fingerprint density at radius 1 is 1.43 bits per heavy atom. The van der Waals surface area contributed by atoms with E-state index in [0.29, 0.717) is 5.69 Å². The smallest absolute Gasteiger partial charge is 0.139 e. The van der Waals surface area contributed by atoms with E-state index >= 15 is 0 Å². The zero-order valence-electron chi connectivity index (χ0n) is 7.86. The van der Waals surface area contributed by atoms with Crippen molar-refractivity contribution in [3.05, 3.63) is 35.9 Å². The van der Waals surface area contributed by atoms with Crippen LogP contribution in [0.25, 0.3) is 11.4 Å². The van der Waals surface area contributed by atoms with Crippen LogP contribution in [0, 0.1) is 6.92 Å². The number of hydrogen-bond donors (Lipinski definition) is 2. The van der Waals surface area contributed by atoms with Crippen LogP contribution in [0.15, 0.2) is 24.5 Å². The van der Waals surface area contributed by atoms with Gasteiger partial charge in [0.15, 0.2) is 0 Å². The van der Waals surface area contributed by atoms with Crippen LogP contribution in [0.1, 0.15) is 11.4 Å².